The summed E-state index contributed by atoms with van der Waals surface area (Å²) in [4.78, 5) is 11.8. The van der Waals surface area contributed by atoms with Crippen molar-refractivity contribution in [2.45, 2.75) is 17.7 Å². The third-order valence-electron chi connectivity index (χ3n) is 4.43. The number of sulfonamides is 1. The first-order valence-electron chi connectivity index (χ1n) is 8.52. The molecule has 2 aromatic carbocycles. The van der Waals surface area contributed by atoms with E-state index in [1.807, 2.05) is 6.07 Å². The minimum atomic E-state index is -3.58. The van der Waals surface area contributed by atoms with Crippen LogP contribution in [0.2, 0.25) is 0 Å². The van der Waals surface area contributed by atoms with Gasteiger partial charge in [0.2, 0.25) is 10.0 Å². The van der Waals surface area contributed by atoms with Gasteiger partial charge in [0.15, 0.2) is 0 Å². The third-order valence-corrected chi connectivity index (χ3v) is 6.66. The summed E-state index contributed by atoms with van der Waals surface area (Å²) >= 11 is 5.35. The number of nitrogens with one attached hydrogen (secondary N) is 1. The summed E-state index contributed by atoms with van der Waals surface area (Å²) in [7, 11) is -3.58. The molecular formula is C19H17N3O4S2. The van der Waals surface area contributed by atoms with Crippen LogP contribution in [0.25, 0.3) is 0 Å². The number of hydrogen-bond acceptors (Lipinski definition) is 5. The quantitative estimate of drug-likeness (QED) is 0.723. The maximum atomic E-state index is 12.7. The van der Waals surface area contributed by atoms with Gasteiger partial charge in [-0.1, -0.05) is 24.4 Å². The predicted octanol–water partition coefficient (Wildman–Crippen LogP) is 2.83. The Morgan fingerprint density at radius 1 is 1.18 bits per heavy atom. The van der Waals surface area contributed by atoms with Crippen molar-refractivity contribution in [2.24, 2.45) is 0 Å². The van der Waals surface area contributed by atoms with E-state index in [4.69, 9.17) is 17.5 Å². The zero-order chi connectivity index (χ0) is 20.3. The Morgan fingerprint density at radius 2 is 1.89 bits per heavy atom. The topological polar surface area (TPSA) is 111 Å². The fraction of sp³-hybridized carbons (Fsp3) is 0.211. The summed E-state index contributed by atoms with van der Waals surface area (Å²) in [6.07, 6.45) is 1.69. The summed E-state index contributed by atoms with van der Waals surface area (Å²) in [6.45, 7) is 1.00. The van der Waals surface area contributed by atoms with Gasteiger partial charge in [-0.15, -0.1) is 0 Å². The maximum Gasteiger partial charge on any atom is 0.337 e. The number of aromatic carboxylic acids is 1. The first-order valence-corrected chi connectivity index (χ1v) is 10.4. The lowest BCUT2D eigenvalue weighted by Crippen LogP contribution is -2.28. The Bertz CT molecular complexity index is 1080. The molecule has 1 saturated heterocycles. The van der Waals surface area contributed by atoms with E-state index in [2.05, 4.69) is 5.32 Å². The number of carbonyl (C=O) groups is 1. The molecule has 0 aliphatic carbocycles. The second kappa shape index (κ2) is 8.06. The van der Waals surface area contributed by atoms with Gasteiger partial charge in [0.1, 0.15) is 4.99 Å². The Labute approximate surface area is 168 Å². The lowest BCUT2D eigenvalue weighted by Gasteiger charge is -2.16. The van der Waals surface area contributed by atoms with E-state index < -0.39 is 16.0 Å². The van der Waals surface area contributed by atoms with Crippen molar-refractivity contribution in [2.75, 3.05) is 18.4 Å². The van der Waals surface area contributed by atoms with Gasteiger partial charge in [-0.05, 0) is 43.2 Å². The minimum Gasteiger partial charge on any atom is -0.478 e. The van der Waals surface area contributed by atoms with E-state index in [0.29, 0.717) is 18.7 Å². The number of hydrogen-bond donors (Lipinski definition) is 2. The predicted molar refractivity (Wildman–Crippen MR) is 108 cm³/mol. The highest BCUT2D eigenvalue weighted by Gasteiger charge is 2.27. The standard InChI is InChI=1S/C19H17N3O4S2/c20-12-13-6-7-17(16(10-13)19(23)24)21-18(27)14-4-3-5-15(11-14)28(25,26)22-8-1-2-9-22/h3-7,10-11H,1-2,8-9H2,(H,21,27)(H,23,24). The van der Waals surface area contributed by atoms with Crippen LogP contribution >= 0.6 is 12.2 Å². The molecule has 0 spiro atoms. The monoisotopic (exact) mass is 415 g/mol. The molecule has 1 aliphatic heterocycles. The molecule has 0 saturated carbocycles. The number of carboxylic acids is 1. The molecule has 2 N–H and O–H groups in total. The van der Waals surface area contributed by atoms with Gasteiger partial charge in [-0.25, -0.2) is 13.2 Å². The fourth-order valence-electron chi connectivity index (χ4n) is 2.97. The van der Waals surface area contributed by atoms with E-state index in [0.717, 1.165) is 12.8 Å². The van der Waals surface area contributed by atoms with Gasteiger partial charge >= 0.3 is 5.97 Å². The van der Waals surface area contributed by atoms with Crippen molar-refractivity contribution in [3.05, 3.63) is 59.2 Å². The molecule has 144 valence electrons. The van der Waals surface area contributed by atoms with Crippen LogP contribution in [0.5, 0.6) is 0 Å². The lowest BCUT2D eigenvalue weighted by molar-refractivity contribution is 0.0698. The molecule has 9 heteroatoms. The highest BCUT2D eigenvalue weighted by atomic mass is 32.2. The first kappa shape index (κ1) is 19.9. The van der Waals surface area contributed by atoms with E-state index in [1.54, 1.807) is 12.1 Å². The largest absolute Gasteiger partial charge is 0.478 e. The number of anilines is 1. The van der Waals surface area contributed by atoms with Crippen LogP contribution in [0.4, 0.5) is 5.69 Å². The molecule has 3 rings (SSSR count). The van der Waals surface area contributed by atoms with Crippen molar-refractivity contribution in [3.63, 3.8) is 0 Å². The molecule has 2 aromatic rings. The molecule has 1 fully saturated rings. The highest BCUT2D eigenvalue weighted by molar-refractivity contribution is 7.89. The molecule has 0 aromatic heterocycles. The Kier molecular flexibility index (Phi) is 5.74. The number of carboxylic acid groups (broad SMARTS) is 1. The average Bonchev–Trinajstić information content (AvgIpc) is 3.24. The molecule has 7 nitrogen and oxygen atoms in total. The van der Waals surface area contributed by atoms with Crippen LogP contribution in [0.1, 0.15) is 34.3 Å². The minimum absolute atomic E-state index is 0.0951. The molecule has 1 heterocycles. The fourth-order valence-corrected chi connectivity index (χ4v) is 4.77. The smallest absolute Gasteiger partial charge is 0.337 e. The van der Waals surface area contributed by atoms with Gasteiger partial charge in [-0.3, -0.25) is 0 Å². The SMILES string of the molecule is N#Cc1ccc(NC(=S)c2cccc(S(=O)(=O)N3CCCC3)c2)c(C(=O)O)c1. The number of nitriles is 1. The first-order chi connectivity index (χ1) is 13.3. The normalized spacial score (nSPS) is 14.4. The van der Waals surface area contributed by atoms with E-state index in [9.17, 15) is 18.3 Å². The molecule has 0 unspecified atom stereocenters. The lowest BCUT2D eigenvalue weighted by atomic mass is 10.1. The van der Waals surface area contributed by atoms with Crippen LogP contribution in [0.3, 0.4) is 0 Å². The summed E-state index contributed by atoms with van der Waals surface area (Å²) in [5, 5.41) is 21.1. The van der Waals surface area contributed by atoms with E-state index in [1.165, 1.54) is 34.6 Å². The number of benzene rings is 2. The van der Waals surface area contributed by atoms with E-state index in [-0.39, 0.29) is 26.7 Å². The average molecular weight is 415 g/mol. The van der Waals surface area contributed by atoms with Crippen LogP contribution in [0, 0.1) is 11.3 Å². The number of nitrogens with zero attached hydrogens (tertiary/aromatic N) is 2. The zero-order valence-corrected chi connectivity index (χ0v) is 16.4. The third kappa shape index (κ3) is 4.04. The van der Waals surface area contributed by atoms with E-state index >= 15 is 0 Å². The van der Waals surface area contributed by atoms with Gasteiger partial charge in [0, 0.05) is 18.7 Å². The Morgan fingerprint density at radius 3 is 2.54 bits per heavy atom. The van der Waals surface area contributed by atoms with Crippen molar-refractivity contribution in [1.82, 2.24) is 4.31 Å². The molecule has 28 heavy (non-hydrogen) atoms. The van der Waals surface area contributed by atoms with Crippen molar-refractivity contribution >= 4 is 38.9 Å². The van der Waals surface area contributed by atoms with Gasteiger partial charge < -0.3 is 10.4 Å². The van der Waals surface area contributed by atoms with Crippen molar-refractivity contribution in [3.8, 4) is 6.07 Å². The van der Waals surface area contributed by atoms with Crippen LogP contribution in [-0.2, 0) is 10.0 Å². The molecule has 1 aliphatic rings. The zero-order valence-electron chi connectivity index (χ0n) is 14.8. The summed E-state index contributed by atoms with van der Waals surface area (Å²) in [5.74, 6) is -1.20. The van der Waals surface area contributed by atoms with Crippen molar-refractivity contribution < 1.29 is 18.3 Å². The Balaban J connectivity index is 1.89. The van der Waals surface area contributed by atoms with Gasteiger partial charge in [0.05, 0.1) is 27.8 Å². The van der Waals surface area contributed by atoms with Gasteiger partial charge in [-0.2, -0.15) is 9.57 Å². The highest BCUT2D eigenvalue weighted by Crippen LogP contribution is 2.23. The second-order valence-electron chi connectivity index (χ2n) is 6.27. The summed E-state index contributed by atoms with van der Waals surface area (Å²) < 4.78 is 26.9. The molecule has 0 atom stereocenters. The Hall–Kier alpha value is -2.80. The van der Waals surface area contributed by atoms with Crippen LogP contribution in [0.15, 0.2) is 47.4 Å². The molecular weight excluding hydrogens is 398 g/mol. The van der Waals surface area contributed by atoms with Crippen LogP contribution in [-0.4, -0.2) is 41.9 Å². The summed E-state index contributed by atoms with van der Waals surface area (Å²) in [6, 6.07) is 12.3. The van der Waals surface area contributed by atoms with Gasteiger partial charge in [0.25, 0.3) is 0 Å². The molecule has 0 bridgehead atoms. The number of rotatable bonds is 5. The maximum absolute atomic E-state index is 12.7. The molecule has 0 amide bonds. The second-order valence-corrected chi connectivity index (χ2v) is 8.62. The van der Waals surface area contributed by atoms with Crippen molar-refractivity contribution in [1.29, 1.82) is 5.26 Å². The summed E-state index contributed by atoms with van der Waals surface area (Å²) in [5.41, 5.74) is 0.801. The molecule has 0 radical (unpaired) electrons. The number of thiocarbonyl (C=S) groups is 1. The van der Waals surface area contributed by atoms with Crippen LogP contribution < -0.4 is 5.32 Å².